The molecule has 0 N–H and O–H groups in total. The van der Waals surface area contributed by atoms with Gasteiger partial charge in [-0.05, 0) is 48.0 Å². The number of methoxy groups -OCH3 is 1. The van der Waals surface area contributed by atoms with E-state index in [1.54, 1.807) is 18.2 Å². The number of carbonyl (C=O) groups is 1. The molecule has 9 heteroatoms. The number of benzene rings is 2. The summed E-state index contributed by atoms with van der Waals surface area (Å²) in [7, 11) is -2.47. The maximum atomic E-state index is 13.0. The highest BCUT2D eigenvalue weighted by molar-refractivity contribution is 7.89. The maximum absolute atomic E-state index is 13.0. The summed E-state index contributed by atoms with van der Waals surface area (Å²) in [6.45, 7) is 0.609. The zero-order valence-corrected chi connectivity index (χ0v) is 16.7. The van der Waals surface area contributed by atoms with E-state index in [-0.39, 0.29) is 30.2 Å². The largest absolute Gasteiger partial charge is 0.465 e. The van der Waals surface area contributed by atoms with Crippen molar-refractivity contribution in [2.45, 2.75) is 11.0 Å². The molecule has 1 aliphatic rings. The third-order valence-electron chi connectivity index (χ3n) is 4.20. The van der Waals surface area contributed by atoms with Crippen LogP contribution in [-0.4, -0.2) is 45.5 Å². The van der Waals surface area contributed by atoms with Crippen LogP contribution in [0.2, 0.25) is 10.0 Å². The van der Waals surface area contributed by atoms with Crippen LogP contribution >= 0.6 is 23.2 Å². The number of ether oxygens (including phenoxy) is 2. The van der Waals surface area contributed by atoms with Gasteiger partial charge in [-0.15, -0.1) is 0 Å². The monoisotopic (exact) mass is 429 g/mol. The van der Waals surface area contributed by atoms with Crippen LogP contribution in [0.5, 0.6) is 0 Å². The van der Waals surface area contributed by atoms with Crippen molar-refractivity contribution in [2.24, 2.45) is 0 Å². The van der Waals surface area contributed by atoms with Gasteiger partial charge in [-0.25, -0.2) is 13.2 Å². The molecule has 0 bridgehead atoms. The Kier molecular flexibility index (Phi) is 6.08. The molecule has 3 rings (SSSR count). The SMILES string of the molecule is COC(=O)c1ccc(S(=O)(=O)N2CCOC(c3cc(Cl)cc(Cl)c3)C2)cc1. The van der Waals surface area contributed by atoms with Gasteiger partial charge in [-0.2, -0.15) is 4.31 Å². The molecule has 6 nitrogen and oxygen atoms in total. The van der Waals surface area contributed by atoms with Crippen LogP contribution in [-0.2, 0) is 19.5 Å². The van der Waals surface area contributed by atoms with E-state index in [1.165, 1.54) is 35.7 Å². The van der Waals surface area contributed by atoms with Crippen LogP contribution in [0.15, 0.2) is 47.4 Å². The van der Waals surface area contributed by atoms with Crippen molar-refractivity contribution in [1.82, 2.24) is 4.31 Å². The highest BCUT2D eigenvalue weighted by Crippen LogP contribution is 2.30. The van der Waals surface area contributed by atoms with Crippen molar-refractivity contribution >= 4 is 39.2 Å². The Hall–Kier alpha value is -1.64. The third-order valence-corrected chi connectivity index (χ3v) is 6.51. The second kappa shape index (κ2) is 8.16. The summed E-state index contributed by atoms with van der Waals surface area (Å²) >= 11 is 12.1. The molecule has 1 heterocycles. The first-order chi connectivity index (χ1) is 12.8. The minimum atomic E-state index is -3.74. The number of esters is 1. The van der Waals surface area contributed by atoms with E-state index in [0.29, 0.717) is 15.6 Å². The normalized spacial score (nSPS) is 18.3. The van der Waals surface area contributed by atoms with E-state index in [2.05, 4.69) is 4.74 Å². The Labute approximate surface area is 167 Å². The van der Waals surface area contributed by atoms with Crippen LogP contribution in [0.1, 0.15) is 22.0 Å². The van der Waals surface area contributed by atoms with E-state index in [4.69, 9.17) is 27.9 Å². The van der Waals surface area contributed by atoms with Crippen LogP contribution in [0.25, 0.3) is 0 Å². The predicted molar refractivity (Wildman–Crippen MR) is 102 cm³/mol. The quantitative estimate of drug-likeness (QED) is 0.694. The molecule has 0 spiro atoms. The molecule has 0 aromatic heterocycles. The van der Waals surface area contributed by atoms with Crippen molar-refractivity contribution in [2.75, 3.05) is 26.8 Å². The smallest absolute Gasteiger partial charge is 0.337 e. The summed E-state index contributed by atoms with van der Waals surface area (Å²) in [6, 6.07) is 10.6. The van der Waals surface area contributed by atoms with Crippen molar-refractivity contribution in [3.05, 3.63) is 63.6 Å². The lowest BCUT2D eigenvalue weighted by Crippen LogP contribution is -2.42. The van der Waals surface area contributed by atoms with Crippen molar-refractivity contribution in [1.29, 1.82) is 0 Å². The Morgan fingerprint density at radius 3 is 2.37 bits per heavy atom. The average Bonchev–Trinajstić information content (AvgIpc) is 2.67. The summed E-state index contributed by atoms with van der Waals surface area (Å²) in [5.74, 6) is -0.525. The van der Waals surface area contributed by atoms with Crippen molar-refractivity contribution < 1.29 is 22.7 Å². The van der Waals surface area contributed by atoms with E-state index >= 15 is 0 Å². The van der Waals surface area contributed by atoms with Crippen LogP contribution in [0.4, 0.5) is 0 Å². The van der Waals surface area contributed by atoms with E-state index < -0.39 is 22.1 Å². The van der Waals surface area contributed by atoms with Gasteiger partial charge in [0.25, 0.3) is 0 Å². The van der Waals surface area contributed by atoms with Gasteiger partial charge in [0.1, 0.15) is 0 Å². The highest BCUT2D eigenvalue weighted by atomic mass is 35.5. The molecule has 1 fully saturated rings. The first kappa shape index (κ1) is 20.1. The van der Waals surface area contributed by atoms with Gasteiger partial charge in [0.2, 0.25) is 10.0 Å². The van der Waals surface area contributed by atoms with E-state index in [0.717, 1.165) is 0 Å². The second-order valence-corrected chi connectivity index (χ2v) is 8.75. The minimum Gasteiger partial charge on any atom is -0.465 e. The summed E-state index contributed by atoms with van der Waals surface area (Å²) < 4.78 is 37.6. The highest BCUT2D eigenvalue weighted by Gasteiger charge is 2.32. The molecule has 1 aliphatic heterocycles. The summed E-state index contributed by atoms with van der Waals surface area (Å²) in [5.41, 5.74) is 0.998. The molecule has 27 heavy (non-hydrogen) atoms. The van der Waals surface area contributed by atoms with E-state index in [9.17, 15) is 13.2 Å². The lowest BCUT2D eigenvalue weighted by Gasteiger charge is -2.32. The molecule has 1 unspecified atom stereocenters. The number of hydrogen-bond donors (Lipinski definition) is 0. The second-order valence-electron chi connectivity index (χ2n) is 5.94. The molecule has 0 saturated carbocycles. The summed E-state index contributed by atoms with van der Waals surface area (Å²) in [6.07, 6.45) is -0.473. The number of nitrogens with zero attached hydrogens (tertiary/aromatic N) is 1. The molecule has 2 aromatic rings. The zero-order chi connectivity index (χ0) is 19.6. The minimum absolute atomic E-state index is 0.0972. The number of halogens is 2. The molecule has 0 radical (unpaired) electrons. The first-order valence-corrected chi connectivity index (χ1v) is 10.3. The Bertz CT molecular complexity index is 926. The van der Waals surface area contributed by atoms with Crippen LogP contribution in [0.3, 0.4) is 0 Å². The summed E-state index contributed by atoms with van der Waals surface area (Å²) in [5, 5.41) is 0.916. The Morgan fingerprint density at radius 1 is 1.15 bits per heavy atom. The number of sulfonamides is 1. The fraction of sp³-hybridized carbons (Fsp3) is 0.278. The lowest BCUT2D eigenvalue weighted by atomic mass is 10.1. The van der Waals surface area contributed by atoms with Gasteiger partial charge < -0.3 is 9.47 Å². The van der Waals surface area contributed by atoms with Gasteiger partial charge in [-0.1, -0.05) is 23.2 Å². The van der Waals surface area contributed by atoms with Crippen molar-refractivity contribution in [3.8, 4) is 0 Å². The van der Waals surface area contributed by atoms with Gasteiger partial charge in [0.05, 0.1) is 30.3 Å². The molecular weight excluding hydrogens is 413 g/mol. The fourth-order valence-corrected chi connectivity index (χ4v) is 4.80. The number of rotatable bonds is 4. The first-order valence-electron chi connectivity index (χ1n) is 8.07. The fourth-order valence-electron chi connectivity index (χ4n) is 2.84. The standard InChI is InChI=1S/C18H17Cl2NO5S/c1-25-18(22)12-2-4-16(5-3-12)27(23,24)21-6-7-26-17(11-21)13-8-14(19)10-15(20)9-13/h2-5,8-10,17H,6-7,11H2,1H3. The van der Waals surface area contributed by atoms with Gasteiger partial charge >= 0.3 is 5.97 Å². The molecule has 0 aliphatic carbocycles. The lowest BCUT2D eigenvalue weighted by molar-refractivity contribution is -0.00254. The molecule has 1 saturated heterocycles. The molecular formula is C18H17Cl2NO5S. The number of hydrogen-bond acceptors (Lipinski definition) is 5. The van der Waals surface area contributed by atoms with Crippen molar-refractivity contribution in [3.63, 3.8) is 0 Å². The number of carbonyl (C=O) groups excluding carboxylic acids is 1. The van der Waals surface area contributed by atoms with Gasteiger partial charge in [0.15, 0.2) is 0 Å². The Morgan fingerprint density at radius 2 is 1.78 bits per heavy atom. The molecule has 2 aromatic carbocycles. The molecule has 0 amide bonds. The topological polar surface area (TPSA) is 72.9 Å². The van der Waals surface area contributed by atoms with Crippen LogP contribution in [0, 0.1) is 0 Å². The van der Waals surface area contributed by atoms with E-state index in [1.807, 2.05) is 0 Å². The molecule has 144 valence electrons. The number of morpholine rings is 1. The van der Waals surface area contributed by atoms with Gasteiger partial charge in [0, 0.05) is 23.1 Å². The predicted octanol–water partition coefficient (Wildman–Crippen LogP) is 3.54. The van der Waals surface area contributed by atoms with Crippen LogP contribution < -0.4 is 0 Å². The van der Waals surface area contributed by atoms with Gasteiger partial charge in [-0.3, -0.25) is 0 Å². The zero-order valence-electron chi connectivity index (χ0n) is 14.4. The summed E-state index contributed by atoms with van der Waals surface area (Å²) in [4.78, 5) is 11.6. The Balaban J connectivity index is 1.83. The average molecular weight is 430 g/mol. The maximum Gasteiger partial charge on any atom is 0.337 e. The third kappa shape index (κ3) is 4.44. The molecule has 1 atom stereocenters.